The number of piperazine rings is 1. The fourth-order valence-electron chi connectivity index (χ4n) is 2.81. The second kappa shape index (κ2) is 8.41. The maximum Gasteiger partial charge on any atom is 0.256 e. The van der Waals surface area contributed by atoms with Crippen LogP contribution in [0.4, 0.5) is 0 Å². The predicted molar refractivity (Wildman–Crippen MR) is 101 cm³/mol. The van der Waals surface area contributed by atoms with E-state index in [-0.39, 0.29) is 24.4 Å². The number of ether oxygens (including phenoxy) is 1. The number of nitrogens with one attached hydrogen (secondary N) is 1. The van der Waals surface area contributed by atoms with Gasteiger partial charge in [-0.25, -0.2) is 0 Å². The van der Waals surface area contributed by atoms with Crippen LogP contribution < -0.4 is 10.1 Å². The van der Waals surface area contributed by atoms with Gasteiger partial charge in [0.25, 0.3) is 5.91 Å². The molecular weight excluding hydrogens is 391 g/mol. The summed E-state index contributed by atoms with van der Waals surface area (Å²) in [6, 6.07) is 9.28. The number of methoxy groups -OCH3 is 1. The Kier molecular flexibility index (Phi) is 6.78. The lowest BCUT2D eigenvalue weighted by Gasteiger charge is -2.37. The topological polar surface area (TPSA) is 41.6 Å². The number of halogens is 3. The Morgan fingerprint density at radius 1 is 1.38 bits per heavy atom. The molecule has 0 bridgehead atoms. The fraction of sp³-hybridized carbons (Fsp3) is 0.312. The number of carbonyl (C=O) groups excluding carboxylic acids is 1. The van der Waals surface area contributed by atoms with Crippen LogP contribution in [0.25, 0.3) is 0 Å². The molecule has 1 aromatic heterocycles. The van der Waals surface area contributed by atoms with Gasteiger partial charge in [0.15, 0.2) is 0 Å². The van der Waals surface area contributed by atoms with Gasteiger partial charge in [0.05, 0.1) is 23.1 Å². The molecule has 1 unspecified atom stereocenters. The Bertz CT molecular complexity index is 723. The molecule has 1 aliphatic rings. The molecule has 0 spiro atoms. The molecule has 1 aromatic carbocycles. The molecule has 1 atom stereocenters. The Balaban J connectivity index is 0.00000208. The van der Waals surface area contributed by atoms with E-state index in [9.17, 15) is 4.79 Å². The van der Waals surface area contributed by atoms with Gasteiger partial charge in [-0.3, -0.25) is 4.79 Å². The highest BCUT2D eigenvalue weighted by Gasteiger charge is 2.31. The van der Waals surface area contributed by atoms with Crippen molar-refractivity contribution >= 4 is 52.9 Å². The largest absolute Gasteiger partial charge is 0.496 e. The van der Waals surface area contributed by atoms with Crippen molar-refractivity contribution < 1.29 is 9.53 Å². The predicted octanol–water partition coefficient (Wildman–Crippen LogP) is 4.27. The first kappa shape index (κ1) is 19.3. The molecule has 1 N–H and O–H groups in total. The van der Waals surface area contributed by atoms with Crippen LogP contribution in [0.1, 0.15) is 22.0 Å². The third-order valence-corrected chi connectivity index (χ3v) is 5.38. The molecule has 0 radical (unpaired) electrons. The van der Waals surface area contributed by atoms with Crippen molar-refractivity contribution in [2.75, 3.05) is 26.7 Å². The van der Waals surface area contributed by atoms with Crippen LogP contribution in [0.3, 0.4) is 0 Å². The summed E-state index contributed by atoms with van der Waals surface area (Å²) in [5.74, 6) is 0.670. The van der Waals surface area contributed by atoms with E-state index in [1.807, 2.05) is 29.2 Å². The van der Waals surface area contributed by atoms with E-state index < -0.39 is 0 Å². The van der Waals surface area contributed by atoms with Crippen LogP contribution >= 0.6 is 46.9 Å². The molecule has 130 valence electrons. The minimum absolute atomic E-state index is 0. The quantitative estimate of drug-likeness (QED) is 0.826. The highest BCUT2D eigenvalue weighted by Crippen LogP contribution is 2.35. The van der Waals surface area contributed by atoms with Crippen molar-refractivity contribution in [1.29, 1.82) is 0 Å². The highest BCUT2D eigenvalue weighted by atomic mass is 35.5. The molecule has 1 saturated heterocycles. The molecule has 1 aliphatic heterocycles. The molecule has 1 amide bonds. The summed E-state index contributed by atoms with van der Waals surface area (Å²) >= 11 is 13.3. The smallest absolute Gasteiger partial charge is 0.256 e. The van der Waals surface area contributed by atoms with Gasteiger partial charge in [0, 0.05) is 25.2 Å². The van der Waals surface area contributed by atoms with Gasteiger partial charge in [0.2, 0.25) is 0 Å². The number of para-hydroxylation sites is 1. The zero-order valence-electron chi connectivity index (χ0n) is 12.9. The molecule has 0 aliphatic carbocycles. The average Bonchev–Trinajstić information content (AvgIpc) is 2.92. The van der Waals surface area contributed by atoms with E-state index in [4.69, 9.17) is 27.9 Å². The van der Waals surface area contributed by atoms with Crippen LogP contribution in [0.15, 0.2) is 30.3 Å². The van der Waals surface area contributed by atoms with Gasteiger partial charge in [-0.05, 0) is 12.1 Å². The minimum Gasteiger partial charge on any atom is -0.496 e. The summed E-state index contributed by atoms with van der Waals surface area (Å²) in [5, 5.41) is 3.33. The van der Waals surface area contributed by atoms with E-state index in [1.54, 1.807) is 13.2 Å². The maximum absolute atomic E-state index is 12.9. The van der Waals surface area contributed by atoms with E-state index in [1.165, 1.54) is 11.3 Å². The van der Waals surface area contributed by atoms with Gasteiger partial charge < -0.3 is 15.0 Å². The van der Waals surface area contributed by atoms with Crippen LogP contribution in [-0.4, -0.2) is 37.6 Å². The number of hydrogen-bond acceptors (Lipinski definition) is 4. The van der Waals surface area contributed by atoms with Crippen molar-refractivity contribution in [3.05, 3.63) is 50.1 Å². The van der Waals surface area contributed by atoms with E-state index in [2.05, 4.69) is 5.32 Å². The third kappa shape index (κ3) is 3.81. The number of thiophene rings is 1. The van der Waals surface area contributed by atoms with Gasteiger partial charge in [-0.15, -0.1) is 23.7 Å². The molecular formula is C16H17Cl3N2O2S. The zero-order valence-corrected chi connectivity index (χ0v) is 16.1. The average molecular weight is 408 g/mol. The van der Waals surface area contributed by atoms with Crippen molar-refractivity contribution in [2.45, 2.75) is 6.04 Å². The standard InChI is InChI=1S/C16H16Cl2N2O2S.ClH/c1-22-13-5-3-2-4-10(13)12-9-19-6-7-20(12)16(21)11-8-14(17)23-15(11)18;/h2-5,8,12,19H,6-7,9H2,1H3;1H. The molecule has 8 heteroatoms. The minimum atomic E-state index is -0.109. The maximum atomic E-state index is 12.9. The summed E-state index contributed by atoms with van der Waals surface area (Å²) in [6.07, 6.45) is 0. The number of carbonyl (C=O) groups is 1. The van der Waals surface area contributed by atoms with Gasteiger partial charge in [-0.1, -0.05) is 41.4 Å². The summed E-state index contributed by atoms with van der Waals surface area (Å²) < 4.78 is 6.39. The first-order valence-electron chi connectivity index (χ1n) is 7.21. The second-order valence-electron chi connectivity index (χ2n) is 5.20. The molecule has 1 fully saturated rings. The fourth-order valence-corrected chi connectivity index (χ4v) is 4.26. The Morgan fingerprint density at radius 3 is 2.79 bits per heavy atom. The third-order valence-electron chi connectivity index (χ3n) is 3.89. The summed E-state index contributed by atoms with van der Waals surface area (Å²) in [5.41, 5.74) is 1.44. The van der Waals surface area contributed by atoms with E-state index in [0.29, 0.717) is 27.3 Å². The molecule has 24 heavy (non-hydrogen) atoms. The Labute approximate surface area is 161 Å². The summed E-state index contributed by atoms with van der Waals surface area (Å²) in [7, 11) is 1.64. The monoisotopic (exact) mass is 406 g/mol. The van der Waals surface area contributed by atoms with Crippen molar-refractivity contribution in [2.24, 2.45) is 0 Å². The van der Waals surface area contributed by atoms with E-state index >= 15 is 0 Å². The molecule has 4 nitrogen and oxygen atoms in total. The number of amides is 1. The number of hydrogen-bond donors (Lipinski definition) is 1. The summed E-state index contributed by atoms with van der Waals surface area (Å²) in [6.45, 7) is 2.01. The van der Waals surface area contributed by atoms with Crippen LogP contribution in [0.5, 0.6) is 5.75 Å². The van der Waals surface area contributed by atoms with Crippen molar-refractivity contribution in [1.82, 2.24) is 10.2 Å². The van der Waals surface area contributed by atoms with Gasteiger partial charge in [-0.2, -0.15) is 0 Å². The summed E-state index contributed by atoms with van der Waals surface area (Å²) in [4.78, 5) is 14.8. The number of nitrogens with zero attached hydrogens (tertiary/aromatic N) is 1. The van der Waals surface area contributed by atoms with Crippen molar-refractivity contribution in [3.8, 4) is 5.75 Å². The first-order chi connectivity index (χ1) is 11.1. The lowest BCUT2D eigenvalue weighted by Crippen LogP contribution is -2.48. The molecule has 3 rings (SSSR count). The first-order valence-corrected chi connectivity index (χ1v) is 8.78. The van der Waals surface area contributed by atoms with E-state index in [0.717, 1.165) is 17.9 Å². The van der Waals surface area contributed by atoms with Gasteiger partial charge in [0.1, 0.15) is 10.1 Å². The molecule has 2 aromatic rings. The normalized spacial score (nSPS) is 17.3. The molecule has 2 heterocycles. The lowest BCUT2D eigenvalue weighted by molar-refractivity contribution is 0.0632. The van der Waals surface area contributed by atoms with Crippen LogP contribution in [0, 0.1) is 0 Å². The van der Waals surface area contributed by atoms with Gasteiger partial charge >= 0.3 is 0 Å². The number of benzene rings is 1. The second-order valence-corrected chi connectivity index (χ2v) is 7.48. The van der Waals surface area contributed by atoms with Crippen LogP contribution in [0.2, 0.25) is 8.67 Å². The molecule has 0 saturated carbocycles. The Hall–Kier alpha value is -0.980. The number of rotatable bonds is 3. The SMILES string of the molecule is COc1ccccc1C1CNCCN1C(=O)c1cc(Cl)sc1Cl.Cl. The highest BCUT2D eigenvalue weighted by molar-refractivity contribution is 7.20. The zero-order chi connectivity index (χ0) is 16.4. The lowest BCUT2D eigenvalue weighted by atomic mass is 10.0. The van der Waals surface area contributed by atoms with Crippen molar-refractivity contribution in [3.63, 3.8) is 0 Å². The van der Waals surface area contributed by atoms with Crippen LogP contribution in [-0.2, 0) is 0 Å². The Morgan fingerprint density at radius 2 is 2.12 bits per heavy atom.